The number of carbonyl (C=O) groups is 1. The van der Waals surface area contributed by atoms with Crippen LogP contribution in [-0.2, 0) is 4.79 Å². The number of hydrazone groups is 1. The predicted molar refractivity (Wildman–Crippen MR) is 121 cm³/mol. The molecule has 0 heterocycles. The summed E-state index contributed by atoms with van der Waals surface area (Å²) < 4.78 is 5.43. The number of hydrogen-bond donors (Lipinski definition) is 1. The minimum Gasteiger partial charge on any atom is -0.484 e. The number of nitrogens with one attached hydrogen (secondary N) is 1. The Morgan fingerprint density at radius 2 is 1.94 bits per heavy atom. The fourth-order valence-electron chi connectivity index (χ4n) is 3.73. The van der Waals surface area contributed by atoms with Crippen LogP contribution in [0.3, 0.4) is 0 Å². The maximum Gasteiger partial charge on any atom is 0.277 e. The first kappa shape index (κ1) is 22.3. The number of amides is 1. The Morgan fingerprint density at radius 3 is 2.61 bits per heavy atom. The highest BCUT2D eigenvalue weighted by Crippen LogP contribution is 2.30. The van der Waals surface area contributed by atoms with Crippen LogP contribution in [0.15, 0.2) is 47.6 Å². The van der Waals surface area contributed by atoms with Crippen LogP contribution < -0.4 is 15.1 Å². The van der Waals surface area contributed by atoms with Gasteiger partial charge in [0.05, 0.1) is 11.1 Å². The van der Waals surface area contributed by atoms with E-state index in [0.717, 1.165) is 24.1 Å². The zero-order valence-electron chi connectivity index (χ0n) is 17.9. The van der Waals surface area contributed by atoms with Crippen LogP contribution in [0.25, 0.3) is 0 Å². The van der Waals surface area contributed by atoms with E-state index in [1.54, 1.807) is 18.2 Å². The van der Waals surface area contributed by atoms with Gasteiger partial charge < -0.3 is 9.64 Å². The molecule has 1 N–H and O–H groups in total. The van der Waals surface area contributed by atoms with E-state index in [-0.39, 0.29) is 12.3 Å². The largest absolute Gasteiger partial charge is 0.484 e. The smallest absolute Gasteiger partial charge is 0.277 e. The van der Waals surface area contributed by atoms with Crippen LogP contribution in [0.5, 0.6) is 5.75 Å². The quantitative estimate of drug-likeness (QED) is 0.389. The van der Waals surface area contributed by atoms with Crippen molar-refractivity contribution in [3.63, 3.8) is 0 Å². The van der Waals surface area contributed by atoms with Crippen molar-refractivity contribution in [1.82, 2.24) is 5.43 Å². The van der Waals surface area contributed by atoms with Crippen molar-refractivity contribution >= 4 is 23.5 Å². The predicted octanol–water partition coefficient (Wildman–Crippen LogP) is 4.20. The minimum atomic E-state index is -0.435. The van der Waals surface area contributed by atoms with E-state index in [0.29, 0.717) is 17.4 Å². The van der Waals surface area contributed by atoms with E-state index in [9.17, 15) is 14.9 Å². The molecule has 1 amide bonds. The van der Waals surface area contributed by atoms with Crippen molar-refractivity contribution in [1.29, 1.82) is 0 Å². The summed E-state index contributed by atoms with van der Waals surface area (Å²) >= 11 is 0. The Kier molecular flexibility index (Phi) is 7.59. The van der Waals surface area contributed by atoms with E-state index in [2.05, 4.69) is 15.4 Å². The van der Waals surface area contributed by atoms with Gasteiger partial charge in [-0.25, -0.2) is 5.43 Å². The van der Waals surface area contributed by atoms with Gasteiger partial charge in [-0.3, -0.25) is 14.9 Å². The molecule has 164 valence electrons. The SMILES string of the molecule is Cc1ccc(OCC(=O)N/N=C\c2cc([N+](=O)[O-])ccc2N(C)C2CCCCC2)cc1. The van der Waals surface area contributed by atoms with E-state index >= 15 is 0 Å². The van der Waals surface area contributed by atoms with Crippen molar-refractivity contribution in [2.75, 3.05) is 18.6 Å². The molecule has 0 aromatic heterocycles. The molecule has 2 aromatic carbocycles. The van der Waals surface area contributed by atoms with Crippen LogP contribution in [0.2, 0.25) is 0 Å². The fraction of sp³-hybridized carbons (Fsp3) is 0.391. The second-order valence-corrected chi connectivity index (χ2v) is 7.80. The summed E-state index contributed by atoms with van der Waals surface area (Å²) in [5.41, 5.74) is 4.95. The van der Waals surface area contributed by atoms with Crippen LogP contribution in [-0.4, -0.2) is 36.7 Å². The second kappa shape index (κ2) is 10.6. The molecule has 8 heteroatoms. The first-order chi connectivity index (χ1) is 14.9. The van der Waals surface area contributed by atoms with Crippen molar-refractivity contribution in [3.8, 4) is 5.75 Å². The standard InChI is InChI=1S/C23H28N4O4/c1-17-8-11-21(12-9-17)31-16-23(28)25-24-15-18-14-20(27(29)30)10-13-22(18)26(2)19-6-4-3-5-7-19/h8-15,19H,3-7,16H2,1-2H3,(H,25,28)/b24-15-. The van der Waals surface area contributed by atoms with Crippen LogP contribution >= 0.6 is 0 Å². The Bertz CT molecular complexity index is 937. The number of nitro groups is 1. The number of aryl methyl sites for hydroxylation is 1. The number of nitro benzene ring substituents is 1. The summed E-state index contributed by atoms with van der Waals surface area (Å²) in [7, 11) is 2.00. The van der Waals surface area contributed by atoms with Gasteiger partial charge in [0.25, 0.3) is 11.6 Å². The van der Waals surface area contributed by atoms with Crippen LogP contribution in [0.4, 0.5) is 11.4 Å². The Hall–Kier alpha value is -3.42. The van der Waals surface area contributed by atoms with Gasteiger partial charge in [-0.1, -0.05) is 37.0 Å². The van der Waals surface area contributed by atoms with Gasteiger partial charge in [0, 0.05) is 36.5 Å². The lowest BCUT2D eigenvalue weighted by Gasteiger charge is -2.33. The number of benzene rings is 2. The summed E-state index contributed by atoms with van der Waals surface area (Å²) in [4.78, 5) is 25.0. The van der Waals surface area contributed by atoms with Gasteiger partial charge in [-0.15, -0.1) is 0 Å². The second-order valence-electron chi connectivity index (χ2n) is 7.80. The molecule has 1 aliphatic carbocycles. The zero-order valence-corrected chi connectivity index (χ0v) is 17.9. The number of ether oxygens (including phenoxy) is 1. The third-order valence-electron chi connectivity index (χ3n) is 5.51. The average Bonchev–Trinajstić information content (AvgIpc) is 2.78. The number of hydrogen-bond acceptors (Lipinski definition) is 6. The van der Waals surface area contributed by atoms with Gasteiger partial charge in [-0.2, -0.15) is 5.10 Å². The molecule has 0 spiro atoms. The van der Waals surface area contributed by atoms with Crippen molar-refractivity contribution in [2.24, 2.45) is 5.10 Å². The van der Waals surface area contributed by atoms with Gasteiger partial charge in [0.2, 0.25) is 0 Å². The molecule has 1 saturated carbocycles. The lowest BCUT2D eigenvalue weighted by molar-refractivity contribution is -0.384. The first-order valence-electron chi connectivity index (χ1n) is 10.5. The van der Waals surface area contributed by atoms with Crippen molar-refractivity contribution in [3.05, 3.63) is 63.7 Å². The molecule has 0 radical (unpaired) electrons. The Morgan fingerprint density at radius 1 is 1.23 bits per heavy atom. The molecule has 0 saturated heterocycles. The molecule has 0 bridgehead atoms. The Balaban J connectivity index is 1.66. The molecule has 0 atom stereocenters. The van der Waals surface area contributed by atoms with E-state index in [1.165, 1.54) is 37.6 Å². The molecule has 3 rings (SSSR count). The normalized spacial score (nSPS) is 14.4. The number of non-ortho nitro benzene ring substituents is 1. The maximum absolute atomic E-state index is 12.0. The number of carbonyl (C=O) groups excluding carboxylic acids is 1. The molecular weight excluding hydrogens is 396 g/mol. The molecule has 8 nitrogen and oxygen atoms in total. The summed E-state index contributed by atoms with van der Waals surface area (Å²) in [5, 5.41) is 15.2. The van der Waals surface area contributed by atoms with E-state index < -0.39 is 10.8 Å². The number of anilines is 1. The molecule has 0 aliphatic heterocycles. The third-order valence-corrected chi connectivity index (χ3v) is 5.51. The topological polar surface area (TPSA) is 97.1 Å². The Labute approximate surface area is 182 Å². The van der Waals surface area contributed by atoms with Crippen molar-refractivity contribution < 1.29 is 14.5 Å². The van der Waals surface area contributed by atoms with E-state index in [1.807, 2.05) is 26.1 Å². The highest BCUT2D eigenvalue weighted by molar-refractivity contribution is 5.90. The summed E-state index contributed by atoms with van der Waals surface area (Å²) in [5.74, 6) is 0.184. The zero-order chi connectivity index (χ0) is 22.2. The average molecular weight is 425 g/mol. The molecular formula is C23H28N4O4. The first-order valence-corrected chi connectivity index (χ1v) is 10.5. The highest BCUT2D eigenvalue weighted by Gasteiger charge is 2.21. The lowest BCUT2D eigenvalue weighted by Crippen LogP contribution is -2.34. The maximum atomic E-state index is 12.0. The number of rotatable bonds is 8. The molecule has 31 heavy (non-hydrogen) atoms. The highest BCUT2D eigenvalue weighted by atomic mass is 16.6. The monoisotopic (exact) mass is 424 g/mol. The van der Waals surface area contributed by atoms with Crippen LogP contribution in [0.1, 0.15) is 43.2 Å². The fourth-order valence-corrected chi connectivity index (χ4v) is 3.73. The summed E-state index contributed by atoms with van der Waals surface area (Å²) in [6.07, 6.45) is 7.25. The van der Waals surface area contributed by atoms with E-state index in [4.69, 9.17) is 4.74 Å². The molecule has 0 unspecified atom stereocenters. The van der Waals surface area contributed by atoms with Gasteiger partial charge >= 0.3 is 0 Å². The lowest BCUT2D eigenvalue weighted by atomic mass is 9.94. The summed E-state index contributed by atoms with van der Waals surface area (Å²) in [6, 6.07) is 12.5. The third kappa shape index (κ3) is 6.28. The van der Waals surface area contributed by atoms with Crippen LogP contribution in [0, 0.1) is 17.0 Å². The van der Waals surface area contributed by atoms with Gasteiger partial charge in [0.15, 0.2) is 6.61 Å². The summed E-state index contributed by atoms with van der Waals surface area (Å²) in [6.45, 7) is 1.79. The molecule has 2 aromatic rings. The molecule has 1 fully saturated rings. The number of nitrogens with zero attached hydrogens (tertiary/aromatic N) is 3. The van der Waals surface area contributed by atoms with Crippen molar-refractivity contribution in [2.45, 2.75) is 45.1 Å². The molecule has 1 aliphatic rings. The minimum absolute atomic E-state index is 0.0173. The van der Waals surface area contributed by atoms with Gasteiger partial charge in [-0.05, 0) is 38.0 Å². The van der Waals surface area contributed by atoms with Gasteiger partial charge in [0.1, 0.15) is 5.75 Å².